The Balaban J connectivity index is 0.00000169. The third kappa shape index (κ3) is 5.83. The molecule has 2 N–H and O–H groups in total. The Bertz CT molecular complexity index is 538. The molecule has 5 nitrogen and oxygen atoms in total. The largest absolute Gasteiger partial charge is 0.351 e. The van der Waals surface area contributed by atoms with Crippen molar-refractivity contribution in [2.24, 2.45) is 5.92 Å². The van der Waals surface area contributed by atoms with E-state index in [1.54, 1.807) is 0 Å². The average Bonchev–Trinajstić information content (AvgIpc) is 2.60. The maximum Gasteiger partial charge on any atom is 0.242 e. The van der Waals surface area contributed by atoms with E-state index in [1.165, 1.54) is 0 Å². The molecule has 26 heavy (non-hydrogen) atoms. The first-order chi connectivity index (χ1) is 11.6. The number of piperidine rings is 1. The zero-order chi connectivity index (χ0) is 16.9. The Hall–Kier alpha value is -0.850. The summed E-state index contributed by atoms with van der Waals surface area (Å²) in [5, 5.41) is 6.74. The molecule has 1 amide bonds. The van der Waals surface area contributed by atoms with Crippen LogP contribution in [0.3, 0.4) is 0 Å². The van der Waals surface area contributed by atoms with E-state index < -0.39 is 0 Å². The predicted molar refractivity (Wildman–Crippen MR) is 111 cm³/mol. The number of likely N-dealkylation sites (N-methyl/N-ethyl adjacent to an activating group) is 1. The molecule has 1 aromatic carbocycles. The molecule has 3 atom stereocenters. The third-order valence-electron chi connectivity index (χ3n) is 5.38. The van der Waals surface area contributed by atoms with Crippen LogP contribution in [0.2, 0.25) is 0 Å². The lowest BCUT2D eigenvalue weighted by Crippen LogP contribution is -2.54. The van der Waals surface area contributed by atoms with Gasteiger partial charge in [-0.05, 0) is 38.0 Å². The van der Waals surface area contributed by atoms with Gasteiger partial charge in [-0.1, -0.05) is 37.3 Å². The van der Waals surface area contributed by atoms with Gasteiger partial charge in [-0.3, -0.25) is 9.69 Å². The molecule has 148 valence electrons. The number of nitrogens with one attached hydrogen (secondary N) is 2. The summed E-state index contributed by atoms with van der Waals surface area (Å²) in [6, 6.07) is 10.3. The lowest BCUT2D eigenvalue weighted by molar-refractivity contribution is -0.128. The topological polar surface area (TPSA) is 47.6 Å². The smallest absolute Gasteiger partial charge is 0.242 e. The Morgan fingerprint density at radius 2 is 1.81 bits per heavy atom. The first-order valence-corrected chi connectivity index (χ1v) is 9.14. The molecule has 1 aromatic rings. The second-order valence-electron chi connectivity index (χ2n) is 7.24. The number of piperazine rings is 1. The van der Waals surface area contributed by atoms with Gasteiger partial charge >= 0.3 is 0 Å². The van der Waals surface area contributed by atoms with Crippen molar-refractivity contribution in [1.29, 1.82) is 0 Å². The van der Waals surface area contributed by atoms with Crippen LogP contribution in [-0.4, -0.2) is 68.1 Å². The summed E-state index contributed by atoms with van der Waals surface area (Å²) in [7, 11) is 2.14. The lowest BCUT2D eigenvalue weighted by atomic mass is 9.94. The van der Waals surface area contributed by atoms with Gasteiger partial charge in [-0.15, -0.1) is 24.8 Å². The van der Waals surface area contributed by atoms with E-state index in [4.69, 9.17) is 0 Å². The second-order valence-corrected chi connectivity index (χ2v) is 7.24. The van der Waals surface area contributed by atoms with Gasteiger partial charge in [0.1, 0.15) is 6.04 Å². The van der Waals surface area contributed by atoms with Gasteiger partial charge in [0.2, 0.25) is 5.91 Å². The highest BCUT2D eigenvalue weighted by molar-refractivity contribution is 5.85. The molecule has 0 aliphatic carbocycles. The number of rotatable bonds is 4. The monoisotopic (exact) mass is 402 g/mol. The Morgan fingerprint density at radius 3 is 2.42 bits per heavy atom. The van der Waals surface area contributed by atoms with Gasteiger partial charge in [-0.25, -0.2) is 0 Å². The fraction of sp³-hybridized carbons (Fsp3) is 0.632. The molecule has 0 bridgehead atoms. The van der Waals surface area contributed by atoms with Crippen molar-refractivity contribution in [2.45, 2.75) is 25.4 Å². The van der Waals surface area contributed by atoms with E-state index in [9.17, 15) is 4.79 Å². The highest BCUT2D eigenvalue weighted by Gasteiger charge is 2.32. The van der Waals surface area contributed by atoms with Crippen LogP contribution in [-0.2, 0) is 4.79 Å². The van der Waals surface area contributed by atoms with Crippen molar-refractivity contribution in [2.75, 3.05) is 46.3 Å². The summed E-state index contributed by atoms with van der Waals surface area (Å²) in [5.41, 5.74) is 1.10. The summed E-state index contributed by atoms with van der Waals surface area (Å²) >= 11 is 0. The zero-order valence-electron chi connectivity index (χ0n) is 15.7. The van der Waals surface area contributed by atoms with Crippen LogP contribution in [0.5, 0.6) is 0 Å². The summed E-state index contributed by atoms with van der Waals surface area (Å²) in [6.45, 7) is 8.08. The molecule has 2 fully saturated rings. The van der Waals surface area contributed by atoms with Crippen molar-refractivity contribution < 1.29 is 4.79 Å². The van der Waals surface area contributed by atoms with Crippen LogP contribution in [0.25, 0.3) is 0 Å². The minimum atomic E-state index is -0.179. The number of carbonyl (C=O) groups excluding carboxylic acids is 1. The van der Waals surface area contributed by atoms with Gasteiger partial charge in [0.05, 0.1) is 0 Å². The maximum absolute atomic E-state index is 13.2. The summed E-state index contributed by atoms with van der Waals surface area (Å²) in [4.78, 5) is 17.8. The number of carbonyl (C=O) groups is 1. The molecule has 2 aliphatic rings. The molecular weight excluding hydrogens is 371 g/mol. The third-order valence-corrected chi connectivity index (χ3v) is 5.38. The maximum atomic E-state index is 13.2. The molecule has 0 radical (unpaired) electrons. The van der Waals surface area contributed by atoms with Gasteiger partial charge in [-0.2, -0.15) is 0 Å². The van der Waals surface area contributed by atoms with Crippen LogP contribution in [0.15, 0.2) is 30.3 Å². The molecule has 0 aromatic heterocycles. The molecule has 0 spiro atoms. The number of benzene rings is 1. The Kier molecular flexibility index (Phi) is 9.90. The SMILES string of the molecule is CC1CNCCC1NC(=O)C(c1ccccc1)N1CCN(C)CC1.Cl.Cl. The van der Waals surface area contributed by atoms with Crippen molar-refractivity contribution >= 4 is 30.7 Å². The van der Waals surface area contributed by atoms with Gasteiger partial charge < -0.3 is 15.5 Å². The molecule has 2 aliphatic heterocycles. The van der Waals surface area contributed by atoms with Crippen LogP contribution < -0.4 is 10.6 Å². The first kappa shape index (κ1) is 23.2. The highest BCUT2D eigenvalue weighted by atomic mass is 35.5. The number of halogens is 2. The van der Waals surface area contributed by atoms with E-state index in [0.717, 1.165) is 51.3 Å². The Morgan fingerprint density at radius 1 is 1.15 bits per heavy atom. The molecule has 0 saturated carbocycles. The summed E-state index contributed by atoms with van der Waals surface area (Å²) < 4.78 is 0. The van der Waals surface area contributed by atoms with E-state index in [-0.39, 0.29) is 42.8 Å². The van der Waals surface area contributed by atoms with Crippen molar-refractivity contribution in [1.82, 2.24) is 20.4 Å². The minimum absolute atomic E-state index is 0. The van der Waals surface area contributed by atoms with Gasteiger partial charge in [0, 0.05) is 32.2 Å². The fourth-order valence-electron chi connectivity index (χ4n) is 3.73. The highest BCUT2D eigenvalue weighted by Crippen LogP contribution is 2.23. The first-order valence-electron chi connectivity index (χ1n) is 9.14. The molecule has 7 heteroatoms. The Labute approximate surface area is 169 Å². The zero-order valence-corrected chi connectivity index (χ0v) is 17.3. The number of hydrogen-bond acceptors (Lipinski definition) is 4. The standard InChI is InChI=1S/C19H30N4O.2ClH/c1-15-14-20-9-8-17(15)21-19(24)18(16-6-4-3-5-7-16)23-12-10-22(2)11-13-23;;/h3-7,15,17-18,20H,8-14H2,1-2H3,(H,21,24);2*1H. The minimum Gasteiger partial charge on any atom is -0.351 e. The molecule has 3 unspecified atom stereocenters. The van der Waals surface area contributed by atoms with E-state index >= 15 is 0 Å². The number of hydrogen-bond donors (Lipinski definition) is 2. The molecular formula is C19H32Cl2N4O. The quantitative estimate of drug-likeness (QED) is 0.807. The lowest BCUT2D eigenvalue weighted by Gasteiger charge is -2.39. The second kappa shape index (κ2) is 11.1. The van der Waals surface area contributed by atoms with E-state index in [0.29, 0.717) is 5.92 Å². The predicted octanol–water partition coefficient (Wildman–Crippen LogP) is 1.93. The van der Waals surface area contributed by atoms with Crippen molar-refractivity contribution in [3.05, 3.63) is 35.9 Å². The van der Waals surface area contributed by atoms with Gasteiger partial charge in [0.25, 0.3) is 0 Å². The van der Waals surface area contributed by atoms with E-state index in [1.807, 2.05) is 18.2 Å². The average molecular weight is 403 g/mol. The van der Waals surface area contributed by atoms with Gasteiger partial charge in [0.15, 0.2) is 0 Å². The molecule has 2 heterocycles. The van der Waals surface area contributed by atoms with Crippen LogP contribution in [0.4, 0.5) is 0 Å². The van der Waals surface area contributed by atoms with E-state index in [2.05, 4.69) is 46.5 Å². The molecule has 3 rings (SSSR count). The van der Waals surface area contributed by atoms with Crippen LogP contribution in [0, 0.1) is 5.92 Å². The van der Waals surface area contributed by atoms with Crippen molar-refractivity contribution in [3.8, 4) is 0 Å². The molecule has 2 saturated heterocycles. The number of amides is 1. The van der Waals surface area contributed by atoms with Crippen LogP contribution >= 0.6 is 24.8 Å². The summed E-state index contributed by atoms with van der Waals surface area (Å²) in [5.74, 6) is 0.635. The normalized spacial score (nSPS) is 25.5. The van der Waals surface area contributed by atoms with Crippen molar-refractivity contribution in [3.63, 3.8) is 0 Å². The summed E-state index contributed by atoms with van der Waals surface area (Å²) in [6.07, 6.45) is 1.01. The number of nitrogens with zero attached hydrogens (tertiary/aromatic N) is 2. The van der Waals surface area contributed by atoms with Crippen LogP contribution in [0.1, 0.15) is 24.9 Å². The fourth-order valence-corrected chi connectivity index (χ4v) is 3.73.